The van der Waals surface area contributed by atoms with Crippen molar-refractivity contribution in [1.29, 1.82) is 0 Å². The van der Waals surface area contributed by atoms with Crippen LogP contribution in [0.3, 0.4) is 0 Å². The van der Waals surface area contributed by atoms with Crippen LogP contribution in [0, 0.1) is 0 Å². The third kappa shape index (κ3) is 29.1. The number of aliphatic hydroxyl groups excluding tert-OH is 7. The van der Waals surface area contributed by atoms with E-state index in [1.54, 1.807) is 6.08 Å². The first-order chi connectivity index (χ1) is 29.8. The number of rotatable bonds is 40. The summed E-state index contributed by atoms with van der Waals surface area (Å²) in [4.78, 5) is 23.4. The molecule has 0 bridgehead atoms. The van der Waals surface area contributed by atoms with Gasteiger partial charge in [0, 0.05) is 0 Å². The van der Waals surface area contributed by atoms with Crippen LogP contribution in [-0.4, -0.2) is 108 Å². The minimum absolute atomic E-state index is 0.254. The molecular weight excluding hydrogens is 813 g/mol. The predicted molar refractivity (Wildman–Crippen MR) is 247 cm³/mol. The van der Waals surface area contributed by atoms with Crippen LogP contribution in [0.15, 0.2) is 36.5 Å². The quantitative estimate of drug-likeness (QED) is 0.0160. The van der Waals surface area contributed by atoms with Gasteiger partial charge in [0.2, 0.25) is 5.91 Å². The Morgan fingerprint density at radius 1 is 0.565 bits per heavy atom. The van der Waals surface area contributed by atoms with Gasteiger partial charge in [-0.25, -0.2) is 4.57 Å². The standard InChI is InChI=1S/C48H90NO12P/c1-3-5-7-9-11-13-15-17-18-19-20-21-22-24-26-28-30-32-34-36-41(51)40(38-60-62(58,59)61-48-46(56)44(54)43(53)45(55)47(48)57)49-42(52)37-39(50)35-33-31-29-27-25-23-16-14-12-10-8-6-4-2/h20-21,26,28,34,36,39-41,43-48,50-51,53-57H,3-19,22-25,27,29-33,35,37-38H2,1-2H3,(H,49,52)(H,58,59)/b21-20+,28-26+,36-34+. The van der Waals surface area contributed by atoms with E-state index in [1.165, 1.54) is 122 Å². The molecule has 14 heteroatoms. The van der Waals surface area contributed by atoms with E-state index in [9.17, 15) is 50.0 Å². The predicted octanol–water partition coefficient (Wildman–Crippen LogP) is 8.53. The van der Waals surface area contributed by atoms with Crippen LogP contribution in [0.4, 0.5) is 0 Å². The fraction of sp³-hybridized carbons (Fsp3) is 0.854. The summed E-state index contributed by atoms with van der Waals surface area (Å²) in [5, 5.41) is 74.5. The van der Waals surface area contributed by atoms with Crippen LogP contribution in [-0.2, 0) is 18.4 Å². The average Bonchev–Trinajstić information content (AvgIpc) is 3.24. The van der Waals surface area contributed by atoms with Crippen LogP contribution < -0.4 is 5.32 Å². The minimum Gasteiger partial charge on any atom is -0.393 e. The molecule has 0 aromatic heterocycles. The Morgan fingerprint density at radius 2 is 0.952 bits per heavy atom. The molecule has 1 rings (SSSR count). The van der Waals surface area contributed by atoms with Crippen LogP contribution in [0.1, 0.15) is 200 Å². The summed E-state index contributed by atoms with van der Waals surface area (Å²) in [6.07, 6.45) is 29.5. The minimum atomic E-state index is -5.15. The summed E-state index contributed by atoms with van der Waals surface area (Å²) in [5.41, 5.74) is 0. The lowest BCUT2D eigenvalue weighted by Crippen LogP contribution is -2.64. The third-order valence-corrected chi connectivity index (χ3v) is 12.7. The van der Waals surface area contributed by atoms with Gasteiger partial charge in [-0.1, -0.05) is 185 Å². The van der Waals surface area contributed by atoms with Crippen molar-refractivity contribution in [3.63, 3.8) is 0 Å². The summed E-state index contributed by atoms with van der Waals surface area (Å²) >= 11 is 0. The van der Waals surface area contributed by atoms with Gasteiger partial charge >= 0.3 is 7.82 Å². The van der Waals surface area contributed by atoms with E-state index in [0.29, 0.717) is 19.3 Å². The largest absolute Gasteiger partial charge is 0.472 e. The Labute approximate surface area is 375 Å². The van der Waals surface area contributed by atoms with Crippen molar-refractivity contribution in [2.45, 2.75) is 255 Å². The number of phosphoric acid groups is 1. The normalized spacial score (nSPS) is 23.3. The maximum absolute atomic E-state index is 13.0. The molecule has 1 aliphatic carbocycles. The van der Waals surface area contributed by atoms with Gasteiger partial charge in [0.1, 0.15) is 36.6 Å². The van der Waals surface area contributed by atoms with Gasteiger partial charge in [-0.15, -0.1) is 0 Å². The van der Waals surface area contributed by atoms with Gasteiger partial charge in [0.15, 0.2) is 0 Å². The molecule has 9 N–H and O–H groups in total. The van der Waals surface area contributed by atoms with Crippen LogP contribution >= 0.6 is 7.82 Å². The Kier molecular flexibility index (Phi) is 35.6. The molecule has 1 amide bonds. The lowest BCUT2D eigenvalue weighted by Gasteiger charge is -2.41. The number of phosphoric ester groups is 1. The van der Waals surface area contributed by atoms with E-state index in [4.69, 9.17) is 9.05 Å². The number of unbranched alkanes of at least 4 members (excludes halogenated alkanes) is 23. The molecule has 0 aliphatic heterocycles. The maximum atomic E-state index is 13.0. The molecule has 0 radical (unpaired) electrons. The molecule has 364 valence electrons. The molecule has 13 nitrogen and oxygen atoms in total. The van der Waals surface area contributed by atoms with E-state index in [1.807, 2.05) is 0 Å². The van der Waals surface area contributed by atoms with E-state index in [0.717, 1.165) is 44.9 Å². The highest BCUT2D eigenvalue weighted by molar-refractivity contribution is 7.47. The summed E-state index contributed by atoms with van der Waals surface area (Å²) in [6.45, 7) is 3.73. The fourth-order valence-corrected chi connectivity index (χ4v) is 8.65. The van der Waals surface area contributed by atoms with Crippen molar-refractivity contribution in [2.24, 2.45) is 0 Å². The van der Waals surface area contributed by atoms with Crippen molar-refractivity contribution in [3.05, 3.63) is 36.5 Å². The number of carbonyl (C=O) groups excluding carboxylic acids is 1. The second kappa shape index (κ2) is 37.7. The molecule has 1 saturated carbocycles. The van der Waals surface area contributed by atoms with Gasteiger partial charge in [-0.05, 0) is 44.9 Å². The molecule has 0 aromatic rings. The molecular formula is C48H90NO12P. The van der Waals surface area contributed by atoms with Crippen molar-refractivity contribution in [3.8, 4) is 0 Å². The number of aliphatic hydroxyl groups is 7. The number of hydrogen-bond acceptors (Lipinski definition) is 11. The summed E-state index contributed by atoms with van der Waals surface area (Å²) < 4.78 is 22.9. The number of allylic oxidation sites excluding steroid dienone is 5. The van der Waals surface area contributed by atoms with Gasteiger partial charge < -0.3 is 46.0 Å². The number of hydrogen-bond donors (Lipinski definition) is 9. The lowest BCUT2D eigenvalue weighted by molar-refractivity contribution is -0.220. The zero-order valence-corrected chi connectivity index (χ0v) is 39.4. The number of carbonyl (C=O) groups is 1. The van der Waals surface area contributed by atoms with Crippen LogP contribution in [0.5, 0.6) is 0 Å². The maximum Gasteiger partial charge on any atom is 0.472 e. The molecule has 1 fully saturated rings. The molecule has 0 heterocycles. The Balaban J connectivity index is 2.57. The molecule has 8 unspecified atom stereocenters. The zero-order chi connectivity index (χ0) is 45.9. The van der Waals surface area contributed by atoms with Gasteiger partial charge in [-0.3, -0.25) is 13.8 Å². The SMILES string of the molecule is CCCCCCCCCCC/C=C/CC/C=C/CC/C=C/C(O)C(COP(=O)(O)OC1C(O)C(O)C(O)C(O)C1O)NC(=O)CC(O)CCCCCCCCCCCCCCC. The first-order valence-corrected chi connectivity index (χ1v) is 26.0. The zero-order valence-electron chi connectivity index (χ0n) is 38.5. The highest BCUT2D eigenvalue weighted by Gasteiger charge is 2.51. The summed E-state index contributed by atoms with van der Waals surface area (Å²) in [5.74, 6) is -0.606. The van der Waals surface area contributed by atoms with Crippen molar-refractivity contribution in [2.75, 3.05) is 6.61 Å². The highest BCUT2D eigenvalue weighted by atomic mass is 31.2. The molecule has 62 heavy (non-hydrogen) atoms. The van der Waals surface area contributed by atoms with E-state index in [2.05, 4.69) is 43.5 Å². The van der Waals surface area contributed by atoms with Crippen molar-refractivity contribution in [1.82, 2.24) is 5.32 Å². The molecule has 8 atom stereocenters. The van der Waals surface area contributed by atoms with Crippen molar-refractivity contribution >= 4 is 13.7 Å². The molecule has 0 spiro atoms. The van der Waals surface area contributed by atoms with E-state index in [-0.39, 0.29) is 6.42 Å². The number of nitrogens with one attached hydrogen (secondary N) is 1. The van der Waals surface area contributed by atoms with E-state index >= 15 is 0 Å². The second-order valence-electron chi connectivity index (χ2n) is 17.5. The van der Waals surface area contributed by atoms with Crippen LogP contribution in [0.25, 0.3) is 0 Å². The van der Waals surface area contributed by atoms with E-state index < -0.39 is 75.2 Å². The first kappa shape index (κ1) is 58.5. The van der Waals surface area contributed by atoms with Gasteiger partial charge in [-0.2, -0.15) is 0 Å². The third-order valence-electron chi connectivity index (χ3n) is 11.7. The Bertz CT molecular complexity index is 1200. The Morgan fingerprint density at radius 3 is 1.42 bits per heavy atom. The van der Waals surface area contributed by atoms with Gasteiger partial charge in [0.25, 0.3) is 0 Å². The van der Waals surface area contributed by atoms with Crippen LogP contribution in [0.2, 0.25) is 0 Å². The number of amides is 1. The molecule has 0 saturated heterocycles. The lowest BCUT2D eigenvalue weighted by atomic mass is 9.85. The fourth-order valence-electron chi connectivity index (χ4n) is 7.68. The highest BCUT2D eigenvalue weighted by Crippen LogP contribution is 2.47. The van der Waals surface area contributed by atoms with Crippen molar-refractivity contribution < 1.29 is 59.0 Å². The Hall–Kier alpha value is -1.48. The average molecular weight is 904 g/mol. The smallest absolute Gasteiger partial charge is 0.393 e. The summed E-state index contributed by atoms with van der Waals surface area (Å²) in [7, 11) is -5.15. The molecule has 0 aromatic carbocycles. The molecule has 1 aliphatic rings. The first-order valence-electron chi connectivity index (χ1n) is 24.5. The summed E-state index contributed by atoms with van der Waals surface area (Å²) in [6, 6.07) is -1.26. The van der Waals surface area contributed by atoms with Gasteiger partial charge in [0.05, 0.1) is 31.3 Å². The monoisotopic (exact) mass is 904 g/mol. The topological polar surface area (TPSA) is 226 Å². The second-order valence-corrected chi connectivity index (χ2v) is 18.9.